The highest BCUT2D eigenvalue weighted by molar-refractivity contribution is 7.18. The predicted octanol–water partition coefficient (Wildman–Crippen LogP) is 4.05. The van der Waals surface area contributed by atoms with Crippen molar-refractivity contribution in [3.8, 4) is 11.8 Å². The summed E-state index contributed by atoms with van der Waals surface area (Å²) in [4.78, 5) is 8.92. The van der Waals surface area contributed by atoms with Crippen LogP contribution in [0.1, 0.15) is 22.1 Å². The summed E-state index contributed by atoms with van der Waals surface area (Å²) in [6.07, 6.45) is 1.74. The Morgan fingerprint density at radius 2 is 2.11 bits per heavy atom. The lowest BCUT2D eigenvalue weighted by Gasteiger charge is -1.86. The van der Waals surface area contributed by atoms with Crippen LogP contribution in [-0.2, 0) is 6.42 Å². The summed E-state index contributed by atoms with van der Waals surface area (Å²) >= 11 is 3.39. The topological polar surface area (TPSA) is 25.8 Å². The molecule has 0 spiro atoms. The number of benzene rings is 1. The summed E-state index contributed by atoms with van der Waals surface area (Å²) in [5, 5.41) is 4.22. The largest absolute Gasteiger partial charge is 0.241 e. The minimum absolute atomic E-state index is 0.830. The molecule has 0 saturated carbocycles. The third-order valence-corrected chi connectivity index (χ3v) is 4.51. The first kappa shape index (κ1) is 12.3. The van der Waals surface area contributed by atoms with Gasteiger partial charge in [-0.1, -0.05) is 18.1 Å². The molecule has 1 aromatic carbocycles. The summed E-state index contributed by atoms with van der Waals surface area (Å²) in [5.41, 5.74) is 1.97. The molecule has 0 atom stereocenters. The van der Waals surface area contributed by atoms with Crippen LogP contribution in [0.25, 0.3) is 10.2 Å². The van der Waals surface area contributed by atoms with Crippen molar-refractivity contribution in [2.45, 2.75) is 19.8 Å². The number of nitrogens with zero attached hydrogens (tertiary/aromatic N) is 2. The molecular formula is C15H12N2S2. The minimum Gasteiger partial charge on any atom is -0.241 e. The summed E-state index contributed by atoms with van der Waals surface area (Å²) in [5.74, 6) is 6.26. The molecule has 4 heteroatoms. The quantitative estimate of drug-likeness (QED) is 0.664. The molecule has 0 saturated heterocycles. The second kappa shape index (κ2) is 5.52. The van der Waals surface area contributed by atoms with E-state index >= 15 is 0 Å². The van der Waals surface area contributed by atoms with E-state index in [0.29, 0.717) is 0 Å². The van der Waals surface area contributed by atoms with Crippen LogP contribution in [0, 0.1) is 18.8 Å². The summed E-state index contributed by atoms with van der Waals surface area (Å²) < 4.78 is 1.25. The minimum atomic E-state index is 0.830. The lowest BCUT2D eigenvalue weighted by Crippen LogP contribution is -1.81. The third kappa shape index (κ3) is 3.01. The summed E-state index contributed by atoms with van der Waals surface area (Å²) in [6.45, 7) is 2.00. The standard InChI is InChI=1S/C15H12N2S2/c1-11-16-12(10-18-11)6-2-5-9-15-17-13-7-3-4-8-14(13)19-15/h3-4,7-8,10H,5,9H2,1H3. The smallest absolute Gasteiger partial charge is 0.124 e. The van der Waals surface area contributed by atoms with Gasteiger partial charge >= 0.3 is 0 Å². The van der Waals surface area contributed by atoms with Crippen molar-refractivity contribution in [1.82, 2.24) is 9.97 Å². The Morgan fingerprint density at radius 3 is 2.89 bits per heavy atom. The van der Waals surface area contributed by atoms with E-state index in [0.717, 1.165) is 34.1 Å². The number of hydrogen-bond acceptors (Lipinski definition) is 4. The summed E-state index contributed by atoms with van der Waals surface area (Å²) in [6, 6.07) is 8.24. The Kier molecular flexibility index (Phi) is 3.58. The van der Waals surface area contributed by atoms with Crippen LogP contribution >= 0.6 is 22.7 Å². The van der Waals surface area contributed by atoms with Gasteiger partial charge in [-0.15, -0.1) is 22.7 Å². The maximum Gasteiger partial charge on any atom is 0.124 e. The third-order valence-electron chi connectivity index (χ3n) is 2.64. The highest BCUT2D eigenvalue weighted by Gasteiger charge is 2.01. The van der Waals surface area contributed by atoms with Crippen LogP contribution in [0.2, 0.25) is 0 Å². The van der Waals surface area contributed by atoms with Crippen molar-refractivity contribution in [1.29, 1.82) is 0 Å². The number of fused-ring (bicyclic) bond motifs is 1. The second-order valence-corrected chi connectivity index (χ2v) is 6.31. The molecule has 0 N–H and O–H groups in total. The lowest BCUT2D eigenvalue weighted by atomic mass is 10.3. The molecule has 2 nitrogen and oxygen atoms in total. The van der Waals surface area contributed by atoms with Crippen LogP contribution in [0.15, 0.2) is 29.6 Å². The highest BCUT2D eigenvalue weighted by Crippen LogP contribution is 2.22. The van der Waals surface area contributed by atoms with Gasteiger partial charge in [0.15, 0.2) is 0 Å². The van der Waals surface area contributed by atoms with Gasteiger partial charge in [0.05, 0.1) is 20.2 Å². The predicted molar refractivity (Wildman–Crippen MR) is 81.7 cm³/mol. The van der Waals surface area contributed by atoms with Gasteiger partial charge in [0, 0.05) is 18.2 Å². The van der Waals surface area contributed by atoms with Crippen molar-refractivity contribution < 1.29 is 0 Å². The van der Waals surface area contributed by atoms with Crippen LogP contribution < -0.4 is 0 Å². The number of hydrogen-bond donors (Lipinski definition) is 0. The van der Waals surface area contributed by atoms with E-state index in [4.69, 9.17) is 0 Å². The Labute approximate surface area is 120 Å². The van der Waals surface area contributed by atoms with E-state index in [2.05, 4.69) is 40.0 Å². The molecule has 0 bridgehead atoms. The zero-order valence-corrected chi connectivity index (χ0v) is 12.1. The second-order valence-electron chi connectivity index (χ2n) is 4.13. The van der Waals surface area contributed by atoms with Crippen molar-refractivity contribution in [3.63, 3.8) is 0 Å². The normalized spacial score (nSPS) is 10.4. The van der Waals surface area contributed by atoms with E-state index in [1.165, 1.54) is 4.70 Å². The molecule has 0 unspecified atom stereocenters. The fourth-order valence-corrected chi connectivity index (χ4v) is 3.28. The maximum absolute atomic E-state index is 4.60. The SMILES string of the molecule is Cc1nc(C#CCCc2nc3ccccc3s2)cs1. The van der Waals surface area contributed by atoms with E-state index in [1.807, 2.05) is 18.4 Å². The van der Waals surface area contributed by atoms with Gasteiger partial charge < -0.3 is 0 Å². The zero-order chi connectivity index (χ0) is 13.1. The molecule has 2 heterocycles. The monoisotopic (exact) mass is 284 g/mol. The van der Waals surface area contributed by atoms with Crippen LogP contribution in [-0.4, -0.2) is 9.97 Å². The van der Waals surface area contributed by atoms with Gasteiger partial charge in [-0.2, -0.15) is 0 Å². The molecule has 19 heavy (non-hydrogen) atoms. The molecule has 3 rings (SSSR count). The molecule has 2 aromatic heterocycles. The van der Waals surface area contributed by atoms with Crippen LogP contribution in [0.5, 0.6) is 0 Å². The van der Waals surface area contributed by atoms with Gasteiger partial charge in [0.2, 0.25) is 0 Å². The molecular weight excluding hydrogens is 272 g/mol. The number of rotatable bonds is 2. The summed E-state index contributed by atoms with van der Waals surface area (Å²) in [7, 11) is 0. The average Bonchev–Trinajstić information content (AvgIpc) is 3.00. The van der Waals surface area contributed by atoms with Gasteiger partial charge in [-0.05, 0) is 25.0 Å². The Hall–Kier alpha value is -1.70. The molecule has 94 valence electrons. The van der Waals surface area contributed by atoms with Crippen molar-refractivity contribution in [2.24, 2.45) is 0 Å². The Balaban J connectivity index is 1.65. The molecule has 0 fully saturated rings. The molecule has 0 aliphatic heterocycles. The molecule has 0 aliphatic rings. The molecule has 0 aliphatic carbocycles. The number of aromatic nitrogens is 2. The molecule has 0 radical (unpaired) electrons. The van der Waals surface area contributed by atoms with Gasteiger partial charge in [-0.3, -0.25) is 0 Å². The van der Waals surface area contributed by atoms with Crippen molar-refractivity contribution in [2.75, 3.05) is 0 Å². The lowest BCUT2D eigenvalue weighted by molar-refractivity contribution is 1.01. The van der Waals surface area contributed by atoms with Gasteiger partial charge in [0.1, 0.15) is 5.69 Å². The molecule has 0 amide bonds. The number of thiazole rings is 2. The van der Waals surface area contributed by atoms with Crippen LogP contribution in [0.4, 0.5) is 0 Å². The van der Waals surface area contributed by atoms with E-state index < -0.39 is 0 Å². The Morgan fingerprint density at radius 1 is 1.21 bits per heavy atom. The van der Waals surface area contributed by atoms with Gasteiger partial charge in [-0.25, -0.2) is 9.97 Å². The fraction of sp³-hybridized carbons (Fsp3) is 0.200. The number of aryl methyl sites for hydroxylation is 2. The van der Waals surface area contributed by atoms with E-state index in [1.54, 1.807) is 22.7 Å². The van der Waals surface area contributed by atoms with Crippen LogP contribution in [0.3, 0.4) is 0 Å². The zero-order valence-electron chi connectivity index (χ0n) is 10.5. The first-order chi connectivity index (χ1) is 9.31. The fourth-order valence-electron chi connectivity index (χ4n) is 1.77. The first-order valence-electron chi connectivity index (χ1n) is 6.07. The van der Waals surface area contributed by atoms with Gasteiger partial charge in [0.25, 0.3) is 0 Å². The van der Waals surface area contributed by atoms with Crippen molar-refractivity contribution in [3.05, 3.63) is 45.4 Å². The van der Waals surface area contributed by atoms with E-state index in [9.17, 15) is 0 Å². The molecule has 3 aromatic rings. The average molecular weight is 284 g/mol. The Bertz CT molecular complexity index is 726. The maximum atomic E-state index is 4.60. The van der Waals surface area contributed by atoms with E-state index in [-0.39, 0.29) is 0 Å². The number of para-hydroxylation sites is 1. The van der Waals surface area contributed by atoms with Crippen molar-refractivity contribution >= 4 is 32.9 Å². The highest BCUT2D eigenvalue weighted by atomic mass is 32.1. The first-order valence-corrected chi connectivity index (χ1v) is 7.76.